The molecule has 8 heteroatoms. The molecule has 0 spiro atoms. The number of alkyl halides is 2. The molecule has 0 aliphatic heterocycles. The van der Waals surface area contributed by atoms with Crippen LogP contribution in [-0.2, 0) is 6.54 Å². The Kier molecular flexibility index (Phi) is 4.45. The molecule has 1 heterocycles. The van der Waals surface area contributed by atoms with Crippen LogP contribution in [0.3, 0.4) is 0 Å². The summed E-state index contributed by atoms with van der Waals surface area (Å²) in [4.78, 5) is 0. The van der Waals surface area contributed by atoms with Gasteiger partial charge in [-0.2, -0.15) is 8.78 Å². The molecule has 0 aliphatic carbocycles. The third kappa shape index (κ3) is 3.50. The molecule has 1 N–H and O–H groups in total. The minimum Gasteiger partial charge on any atom is -0.493 e. The first-order valence-corrected chi connectivity index (χ1v) is 6.19. The SMILES string of the molecule is COc1cccc(CNc2nncs2)c1OC(F)F. The number of para-hydroxylation sites is 1. The third-order valence-corrected chi connectivity index (χ3v) is 2.93. The predicted molar refractivity (Wildman–Crippen MR) is 66.9 cm³/mol. The molecule has 0 fully saturated rings. The van der Waals surface area contributed by atoms with Crippen molar-refractivity contribution in [1.29, 1.82) is 0 Å². The summed E-state index contributed by atoms with van der Waals surface area (Å²) in [5.74, 6) is 0.286. The van der Waals surface area contributed by atoms with Crippen LogP contribution in [0.15, 0.2) is 23.7 Å². The van der Waals surface area contributed by atoms with Gasteiger partial charge in [0, 0.05) is 12.1 Å². The van der Waals surface area contributed by atoms with Gasteiger partial charge in [-0.15, -0.1) is 10.2 Å². The van der Waals surface area contributed by atoms with E-state index in [1.165, 1.54) is 18.4 Å². The number of anilines is 1. The average molecular weight is 287 g/mol. The van der Waals surface area contributed by atoms with E-state index in [4.69, 9.17) is 4.74 Å². The first-order valence-electron chi connectivity index (χ1n) is 5.31. The maximum atomic E-state index is 12.4. The number of aromatic nitrogens is 2. The quantitative estimate of drug-likeness (QED) is 0.885. The van der Waals surface area contributed by atoms with Crippen molar-refractivity contribution in [1.82, 2.24) is 10.2 Å². The van der Waals surface area contributed by atoms with Crippen LogP contribution < -0.4 is 14.8 Å². The van der Waals surface area contributed by atoms with Crippen LogP contribution in [0.2, 0.25) is 0 Å². The topological polar surface area (TPSA) is 56.3 Å². The summed E-state index contributed by atoms with van der Waals surface area (Å²) in [6.45, 7) is -2.62. The summed E-state index contributed by atoms with van der Waals surface area (Å²) in [5.41, 5.74) is 2.12. The number of rotatable bonds is 6. The summed E-state index contributed by atoms with van der Waals surface area (Å²) < 4.78 is 34.3. The maximum absolute atomic E-state index is 12.4. The summed E-state index contributed by atoms with van der Waals surface area (Å²) in [5, 5.41) is 11.0. The zero-order chi connectivity index (χ0) is 13.7. The monoisotopic (exact) mass is 287 g/mol. The molecular formula is C11H11F2N3O2S. The van der Waals surface area contributed by atoms with Crippen LogP contribution in [0.25, 0.3) is 0 Å². The molecule has 0 unspecified atom stereocenters. The van der Waals surface area contributed by atoms with Gasteiger partial charge in [0.25, 0.3) is 0 Å². The fourth-order valence-electron chi connectivity index (χ4n) is 1.51. The lowest BCUT2D eigenvalue weighted by Crippen LogP contribution is -2.08. The molecule has 0 atom stereocenters. The predicted octanol–water partition coefficient (Wildman–Crippen LogP) is 2.76. The highest BCUT2D eigenvalue weighted by Crippen LogP contribution is 2.32. The van der Waals surface area contributed by atoms with Crippen molar-refractivity contribution in [3.63, 3.8) is 0 Å². The third-order valence-electron chi connectivity index (χ3n) is 2.28. The van der Waals surface area contributed by atoms with E-state index in [1.807, 2.05) is 0 Å². The second kappa shape index (κ2) is 6.28. The van der Waals surface area contributed by atoms with Crippen molar-refractivity contribution in [2.75, 3.05) is 12.4 Å². The Labute approximate surface area is 112 Å². The Balaban J connectivity index is 2.18. The number of nitrogens with zero attached hydrogens (tertiary/aromatic N) is 2. The number of hydrogen-bond acceptors (Lipinski definition) is 6. The highest BCUT2D eigenvalue weighted by molar-refractivity contribution is 7.13. The Morgan fingerprint density at radius 1 is 1.42 bits per heavy atom. The van der Waals surface area contributed by atoms with E-state index in [-0.39, 0.29) is 18.0 Å². The van der Waals surface area contributed by atoms with Crippen molar-refractivity contribution < 1.29 is 18.3 Å². The number of benzene rings is 1. The molecule has 2 rings (SSSR count). The first-order chi connectivity index (χ1) is 9.20. The molecule has 0 saturated carbocycles. The number of hydrogen-bond donors (Lipinski definition) is 1. The molecule has 0 bridgehead atoms. The molecule has 0 saturated heterocycles. The van der Waals surface area contributed by atoms with E-state index < -0.39 is 6.61 Å². The Morgan fingerprint density at radius 2 is 2.26 bits per heavy atom. The molecular weight excluding hydrogens is 276 g/mol. The lowest BCUT2D eigenvalue weighted by atomic mass is 10.2. The second-order valence-corrected chi connectivity index (χ2v) is 4.26. The van der Waals surface area contributed by atoms with E-state index in [2.05, 4.69) is 20.3 Å². The van der Waals surface area contributed by atoms with Crippen LogP contribution in [0, 0.1) is 0 Å². The smallest absolute Gasteiger partial charge is 0.387 e. The summed E-state index contributed by atoms with van der Waals surface area (Å²) in [6.07, 6.45) is 0. The van der Waals surface area contributed by atoms with Crippen molar-refractivity contribution in [2.24, 2.45) is 0 Å². The number of methoxy groups -OCH3 is 1. The molecule has 19 heavy (non-hydrogen) atoms. The van der Waals surface area contributed by atoms with Gasteiger partial charge in [0.2, 0.25) is 5.13 Å². The van der Waals surface area contributed by atoms with Crippen LogP contribution in [0.4, 0.5) is 13.9 Å². The van der Waals surface area contributed by atoms with Crippen LogP contribution in [0.1, 0.15) is 5.56 Å². The van der Waals surface area contributed by atoms with Gasteiger partial charge in [-0.1, -0.05) is 23.5 Å². The summed E-state index contributed by atoms with van der Waals surface area (Å²) >= 11 is 1.32. The van der Waals surface area contributed by atoms with E-state index in [9.17, 15) is 8.78 Å². The Bertz CT molecular complexity index is 523. The van der Waals surface area contributed by atoms with Crippen LogP contribution in [0.5, 0.6) is 11.5 Å². The Hall–Kier alpha value is -1.96. The summed E-state index contributed by atoms with van der Waals surface area (Å²) in [6, 6.07) is 4.94. The van der Waals surface area contributed by atoms with Gasteiger partial charge in [-0.3, -0.25) is 0 Å². The minimum atomic E-state index is -2.91. The van der Waals surface area contributed by atoms with Crippen LogP contribution >= 0.6 is 11.3 Å². The van der Waals surface area contributed by atoms with Crippen molar-refractivity contribution in [3.05, 3.63) is 29.3 Å². The van der Waals surface area contributed by atoms with Gasteiger partial charge in [0.05, 0.1) is 7.11 Å². The highest BCUT2D eigenvalue weighted by atomic mass is 32.1. The van der Waals surface area contributed by atoms with Crippen molar-refractivity contribution >= 4 is 16.5 Å². The van der Waals surface area contributed by atoms with Gasteiger partial charge >= 0.3 is 6.61 Å². The van der Waals surface area contributed by atoms with Gasteiger partial charge in [0.1, 0.15) is 5.51 Å². The largest absolute Gasteiger partial charge is 0.493 e. The molecule has 0 aliphatic rings. The van der Waals surface area contributed by atoms with Gasteiger partial charge < -0.3 is 14.8 Å². The van der Waals surface area contributed by atoms with Gasteiger partial charge in [0.15, 0.2) is 11.5 Å². The number of nitrogens with one attached hydrogen (secondary N) is 1. The lowest BCUT2D eigenvalue weighted by Gasteiger charge is -2.14. The van der Waals surface area contributed by atoms with Crippen molar-refractivity contribution in [2.45, 2.75) is 13.2 Å². The van der Waals surface area contributed by atoms with E-state index >= 15 is 0 Å². The molecule has 0 amide bonds. The van der Waals surface area contributed by atoms with E-state index in [0.29, 0.717) is 10.7 Å². The fourth-order valence-corrected chi connectivity index (χ4v) is 1.95. The van der Waals surface area contributed by atoms with E-state index in [1.54, 1.807) is 23.7 Å². The molecule has 1 aromatic heterocycles. The zero-order valence-electron chi connectivity index (χ0n) is 9.97. The standard InChI is InChI=1S/C11H11F2N3O2S/c1-17-8-4-2-3-7(9(8)18-10(12)13)5-14-11-16-15-6-19-11/h2-4,6,10H,5H2,1H3,(H,14,16). The normalized spacial score (nSPS) is 10.5. The highest BCUT2D eigenvalue weighted by Gasteiger charge is 2.15. The Morgan fingerprint density at radius 3 is 2.89 bits per heavy atom. The van der Waals surface area contributed by atoms with E-state index in [0.717, 1.165) is 0 Å². The molecule has 5 nitrogen and oxygen atoms in total. The average Bonchev–Trinajstić information content (AvgIpc) is 2.90. The first kappa shape index (κ1) is 13.5. The van der Waals surface area contributed by atoms with Crippen LogP contribution in [-0.4, -0.2) is 23.9 Å². The molecule has 102 valence electrons. The molecule has 0 radical (unpaired) electrons. The number of halogens is 2. The minimum absolute atomic E-state index is 0.0250. The van der Waals surface area contributed by atoms with Gasteiger partial charge in [-0.05, 0) is 6.07 Å². The maximum Gasteiger partial charge on any atom is 0.387 e. The van der Waals surface area contributed by atoms with Gasteiger partial charge in [-0.25, -0.2) is 0 Å². The molecule has 1 aromatic carbocycles. The van der Waals surface area contributed by atoms with Crippen molar-refractivity contribution in [3.8, 4) is 11.5 Å². The second-order valence-electron chi connectivity index (χ2n) is 3.42. The zero-order valence-corrected chi connectivity index (χ0v) is 10.8. The summed E-state index contributed by atoms with van der Waals surface area (Å²) in [7, 11) is 1.40. The number of ether oxygens (including phenoxy) is 2. The molecule has 2 aromatic rings. The fraction of sp³-hybridized carbons (Fsp3) is 0.273. The lowest BCUT2D eigenvalue weighted by molar-refractivity contribution is -0.0517.